The maximum Gasteiger partial charge on any atom is 0.335 e. The summed E-state index contributed by atoms with van der Waals surface area (Å²) in [4.78, 5) is 28.4. The number of carboxylic acid groups (broad SMARTS) is 1. The van der Waals surface area contributed by atoms with Gasteiger partial charge in [0, 0.05) is 31.6 Å². The number of carbonyl (C=O) groups excluding carboxylic acids is 1. The molecule has 1 aliphatic rings. The molecule has 0 aliphatic carbocycles. The van der Waals surface area contributed by atoms with E-state index in [0.29, 0.717) is 23.8 Å². The van der Waals surface area contributed by atoms with Gasteiger partial charge >= 0.3 is 5.97 Å². The van der Waals surface area contributed by atoms with Crippen LogP contribution in [-0.4, -0.2) is 51.2 Å². The van der Waals surface area contributed by atoms with Crippen molar-refractivity contribution in [1.29, 1.82) is 0 Å². The monoisotopic (exact) mass is 330 g/mol. The Morgan fingerprint density at radius 1 is 1.38 bits per heavy atom. The molecule has 0 bridgehead atoms. The molecule has 3 rings (SSSR count). The van der Waals surface area contributed by atoms with Gasteiger partial charge in [0.1, 0.15) is 0 Å². The first-order valence-electron chi connectivity index (χ1n) is 7.67. The molecule has 0 spiro atoms. The van der Waals surface area contributed by atoms with Crippen molar-refractivity contribution in [3.05, 3.63) is 35.7 Å². The van der Waals surface area contributed by atoms with Gasteiger partial charge in [0.2, 0.25) is 17.6 Å². The Morgan fingerprint density at radius 2 is 2.12 bits per heavy atom. The lowest BCUT2D eigenvalue weighted by atomic mass is 10.1. The molecule has 0 saturated carbocycles. The molecule has 2 N–H and O–H groups in total. The Balaban J connectivity index is 1.61. The molecule has 1 saturated heterocycles. The Hall–Kier alpha value is -2.74. The first-order chi connectivity index (χ1) is 11.5. The number of likely N-dealkylation sites (tertiary alicyclic amines) is 1. The molecule has 1 atom stereocenters. The minimum atomic E-state index is -0.974. The van der Waals surface area contributed by atoms with Crippen molar-refractivity contribution in [3.8, 4) is 11.4 Å². The second-order valence-electron chi connectivity index (χ2n) is 5.82. The number of benzene rings is 1. The largest absolute Gasteiger partial charge is 0.478 e. The van der Waals surface area contributed by atoms with Crippen molar-refractivity contribution < 1.29 is 19.2 Å². The van der Waals surface area contributed by atoms with E-state index in [1.807, 2.05) is 0 Å². The molecular formula is C16H18N4O4. The summed E-state index contributed by atoms with van der Waals surface area (Å²) in [6.07, 6.45) is 0.900. The average molecular weight is 330 g/mol. The normalized spacial score (nSPS) is 17.8. The van der Waals surface area contributed by atoms with Crippen molar-refractivity contribution in [3.63, 3.8) is 0 Å². The zero-order chi connectivity index (χ0) is 17.1. The van der Waals surface area contributed by atoms with E-state index in [4.69, 9.17) is 9.63 Å². The zero-order valence-corrected chi connectivity index (χ0v) is 13.2. The van der Waals surface area contributed by atoms with Gasteiger partial charge in [-0.2, -0.15) is 4.98 Å². The Bertz CT molecular complexity index is 741. The summed E-state index contributed by atoms with van der Waals surface area (Å²) in [5, 5.41) is 15.8. The van der Waals surface area contributed by atoms with Gasteiger partial charge in [0.25, 0.3) is 0 Å². The minimum absolute atomic E-state index is 0.0215. The van der Waals surface area contributed by atoms with E-state index in [-0.39, 0.29) is 17.5 Å². The highest BCUT2D eigenvalue weighted by atomic mass is 16.5. The van der Waals surface area contributed by atoms with Crippen molar-refractivity contribution in [1.82, 2.24) is 20.4 Å². The van der Waals surface area contributed by atoms with Gasteiger partial charge in [0.15, 0.2) is 0 Å². The SMILES string of the molecule is CC(=O)NC1CCN(Cc2nc(-c3ccc(C(=O)O)cc3)no2)C1. The number of nitrogens with zero attached hydrogens (tertiary/aromatic N) is 3. The summed E-state index contributed by atoms with van der Waals surface area (Å²) in [7, 11) is 0. The van der Waals surface area contributed by atoms with Crippen molar-refractivity contribution >= 4 is 11.9 Å². The quantitative estimate of drug-likeness (QED) is 0.846. The maximum atomic E-state index is 11.1. The highest BCUT2D eigenvalue weighted by Gasteiger charge is 2.24. The fourth-order valence-electron chi connectivity index (χ4n) is 2.77. The third-order valence-electron chi connectivity index (χ3n) is 3.90. The highest BCUT2D eigenvalue weighted by molar-refractivity contribution is 5.88. The summed E-state index contributed by atoms with van der Waals surface area (Å²) in [5.41, 5.74) is 0.913. The molecule has 1 unspecified atom stereocenters. The minimum Gasteiger partial charge on any atom is -0.478 e. The molecule has 126 valence electrons. The lowest BCUT2D eigenvalue weighted by Crippen LogP contribution is -2.35. The van der Waals surface area contributed by atoms with Gasteiger partial charge in [-0.3, -0.25) is 9.69 Å². The number of nitrogens with one attached hydrogen (secondary N) is 1. The smallest absolute Gasteiger partial charge is 0.335 e. The van der Waals surface area contributed by atoms with Crippen molar-refractivity contribution in [2.75, 3.05) is 13.1 Å². The van der Waals surface area contributed by atoms with E-state index < -0.39 is 5.97 Å². The van der Waals surface area contributed by atoms with Crippen LogP contribution in [0.15, 0.2) is 28.8 Å². The molecule has 1 fully saturated rings. The van der Waals surface area contributed by atoms with Crippen LogP contribution < -0.4 is 5.32 Å². The number of hydrogen-bond acceptors (Lipinski definition) is 6. The molecule has 0 radical (unpaired) electrons. The molecule has 8 nitrogen and oxygen atoms in total. The van der Waals surface area contributed by atoms with Gasteiger partial charge in [0.05, 0.1) is 12.1 Å². The summed E-state index contributed by atoms with van der Waals surface area (Å²) in [5.74, 6) is -0.0693. The van der Waals surface area contributed by atoms with E-state index >= 15 is 0 Å². The third kappa shape index (κ3) is 3.77. The van der Waals surface area contributed by atoms with Gasteiger partial charge in [-0.1, -0.05) is 17.3 Å². The Labute approximate surface area is 138 Å². The number of aromatic carboxylic acids is 1. The van der Waals surface area contributed by atoms with Crippen LogP contribution in [0.1, 0.15) is 29.6 Å². The van der Waals surface area contributed by atoms with Crippen LogP contribution in [0.25, 0.3) is 11.4 Å². The number of hydrogen-bond donors (Lipinski definition) is 2. The molecule has 1 amide bonds. The van der Waals surface area contributed by atoms with Crippen molar-refractivity contribution in [2.24, 2.45) is 0 Å². The van der Waals surface area contributed by atoms with Crippen LogP contribution >= 0.6 is 0 Å². The van der Waals surface area contributed by atoms with Crippen LogP contribution in [-0.2, 0) is 11.3 Å². The number of carboxylic acids is 1. The van der Waals surface area contributed by atoms with E-state index in [9.17, 15) is 9.59 Å². The number of carbonyl (C=O) groups is 2. The second-order valence-corrected chi connectivity index (χ2v) is 5.82. The fraction of sp³-hybridized carbons (Fsp3) is 0.375. The van der Waals surface area contributed by atoms with E-state index in [1.165, 1.54) is 19.1 Å². The molecule has 24 heavy (non-hydrogen) atoms. The Kier molecular flexibility index (Phi) is 4.57. The van der Waals surface area contributed by atoms with Gasteiger partial charge in [-0.05, 0) is 18.6 Å². The first-order valence-corrected chi connectivity index (χ1v) is 7.67. The molecule has 8 heteroatoms. The average Bonchev–Trinajstić information content (AvgIpc) is 3.17. The lowest BCUT2D eigenvalue weighted by molar-refractivity contribution is -0.119. The molecular weight excluding hydrogens is 312 g/mol. The van der Waals surface area contributed by atoms with Crippen LogP contribution in [0.3, 0.4) is 0 Å². The predicted octanol–water partition coefficient (Wildman–Crippen LogP) is 1.15. The molecule has 1 aromatic carbocycles. The molecule has 1 aliphatic heterocycles. The van der Waals surface area contributed by atoms with Crippen LogP contribution in [0.4, 0.5) is 0 Å². The number of rotatable bonds is 5. The summed E-state index contributed by atoms with van der Waals surface area (Å²) < 4.78 is 5.27. The van der Waals surface area contributed by atoms with Crippen molar-refractivity contribution in [2.45, 2.75) is 25.9 Å². The number of amides is 1. The second kappa shape index (κ2) is 6.79. The van der Waals surface area contributed by atoms with E-state index in [1.54, 1.807) is 12.1 Å². The van der Waals surface area contributed by atoms with Gasteiger partial charge < -0.3 is 14.9 Å². The van der Waals surface area contributed by atoms with Gasteiger partial charge in [-0.15, -0.1) is 0 Å². The van der Waals surface area contributed by atoms with Crippen LogP contribution in [0.5, 0.6) is 0 Å². The van der Waals surface area contributed by atoms with Crippen LogP contribution in [0, 0.1) is 0 Å². The summed E-state index contributed by atoms with van der Waals surface area (Å²) in [6, 6.07) is 6.48. The van der Waals surface area contributed by atoms with E-state index in [0.717, 1.165) is 19.5 Å². The zero-order valence-electron chi connectivity index (χ0n) is 13.2. The fourth-order valence-corrected chi connectivity index (χ4v) is 2.77. The predicted molar refractivity (Wildman–Crippen MR) is 84.2 cm³/mol. The summed E-state index contributed by atoms with van der Waals surface area (Å²) >= 11 is 0. The van der Waals surface area contributed by atoms with Crippen LogP contribution in [0.2, 0.25) is 0 Å². The maximum absolute atomic E-state index is 11.1. The standard InChI is InChI=1S/C16H18N4O4/c1-10(21)17-13-6-7-20(8-13)9-14-18-15(19-24-14)11-2-4-12(5-3-11)16(22)23/h2-5,13H,6-9H2,1H3,(H,17,21)(H,22,23). The lowest BCUT2D eigenvalue weighted by Gasteiger charge is -2.13. The Morgan fingerprint density at radius 3 is 2.79 bits per heavy atom. The third-order valence-corrected chi connectivity index (χ3v) is 3.90. The topological polar surface area (TPSA) is 109 Å². The summed E-state index contributed by atoms with van der Waals surface area (Å²) in [6.45, 7) is 3.65. The molecule has 2 heterocycles. The highest BCUT2D eigenvalue weighted by Crippen LogP contribution is 2.18. The molecule has 1 aromatic heterocycles. The first kappa shape index (κ1) is 16.1. The number of aromatic nitrogens is 2. The van der Waals surface area contributed by atoms with E-state index in [2.05, 4.69) is 20.4 Å². The van der Waals surface area contributed by atoms with Gasteiger partial charge in [-0.25, -0.2) is 4.79 Å². The molecule has 2 aromatic rings.